The molecule has 2 N–H and O–H groups in total. The normalized spacial score (nSPS) is 10.8. The van der Waals surface area contributed by atoms with E-state index in [0.717, 1.165) is 16.9 Å². The van der Waals surface area contributed by atoms with Crippen LogP contribution in [0.1, 0.15) is 11.3 Å². The lowest BCUT2D eigenvalue weighted by atomic mass is 10.2. The second-order valence-electron chi connectivity index (χ2n) is 5.82. The number of hydrazone groups is 1. The zero-order valence-electron chi connectivity index (χ0n) is 15.0. The maximum atomic E-state index is 13.2. The number of halogens is 2. The van der Waals surface area contributed by atoms with Crippen LogP contribution in [0, 0.1) is 5.82 Å². The summed E-state index contributed by atoms with van der Waals surface area (Å²) in [6, 6.07) is 15.6. The Kier molecular flexibility index (Phi) is 6.62. The van der Waals surface area contributed by atoms with Gasteiger partial charge in [-0.15, -0.1) is 0 Å². The fraction of sp³-hybridized carbons (Fsp3) is 0.100. The topological polar surface area (TPSA) is 50.6 Å². The summed E-state index contributed by atoms with van der Waals surface area (Å²) in [5, 5.41) is 7.92. The highest BCUT2D eigenvalue weighted by Crippen LogP contribution is 2.22. The highest BCUT2D eigenvalue weighted by molar-refractivity contribution is 7.80. The van der Waals surface area contributed by atoms with E-state index in [4.69, 9.17) is 28.6 Å². The number of para-hydroxylation sites is 2. The third-order valence-electron chi connectivity index (χ3n) is 3.94. The maximum absolute atomic E-state index is 13.2. The number of ether oxygens (including phenoxy) is 1. The third-order valence-corrected chi connectivity index (χ3v) is 4.48. The van der Waals surface area contributed by atoms with E-state index in [2.05, 4.69) is 15.8 Å². The molecule has 0 unspecified atom stereocenters. The van der Waals surface area contributed by atoms with Crippen LogP contribution in [0.15, 0.2) is 65.9 Å². The summed E-state index contributed by atoms with van der Waals surface area (Å²) in [5.74, 6) is 0.323. The lowest BCUT2D eigenvalue weighted by molar-refractivity contribution is 0.417. The van der Waals surface area contributed by atoms with E-state index in [1.54, 1.807) is 19.4 Å². The Morgan fingerprint density at radius 1 is 1.25 bits per heavy atom. The number of aromatic nitrogens is 1. The zero-order chi connectivity index (χ0) is 19.9. The van der Waals surface area contributed by atoms with Crippen molar-refractivity contribution in [3.63, 3.8) is 0 Å². The van der Waals surface area contributed by atoms with Crippen molar-refractivity contribution in [1.82, 2.24) is 9.99 Å². The Morgan fingerprint density at radius 2 is 2.07 bits per heavy atom. The largest absolute Gasteiger partial charge is 0.495 e. The summed E-state index contributed by atoms with van der Waals surface area (Å²) in [5.41, 5.74) is 5.17. The van der Waals surface area contributed by atoms with Gasteiger partial charge in [0, 0.05) is 17.8 Å². The van der Waals surface area contributed by atoms with Gasteiger partial charge >= 0.3 is 0 Å². The van der Waals surface area contributed by atoms with Gasteiger partial charge in [0.2, 0.25) is 0 Å². The summed E-state index contributed by atoms with van der Waals surface area (Å²) in [7, 11) is 1.59. The Balaban J connectivity index is 1.62. The molecular formula is C20H18ClFN4OS. The average Bonchev–Trinajstić information content (AvgIpc) is 3.11. The first-order valence-corrected chi connectivity index (χ1v) is 9.17. The lowest BCUT2D eigenvalue weighted by Crippen LogP contribution is -2.24. The van der Waals surface area contributed by atoms with Crippen LogP contribution in [-0.4, -0.2) is 23.0 Å². The van der Waals surface area contributed by atoms with Crippen molar-refractivity contribution in [1.29, 1.82) is 0 Å². The van der Waals surface area contributed by atoms with Gasteiger partial charge in [-0.3, -0.25) is 5.43 Å². The van der Waals surface area contributed by atoms with E-state index in [1.807, 2.05) is 47.2 Å². The van der Waals surface area contributed by atoms with E-state index in [1.165, 1.54) is 12.1 Å². The molecule has 0 aliphatic heterocycles. The smallest absolute Gasteiger partial charge is 0.191 e. The number of hydrogen-bond donors (Lipinski definition) is 2. The van der Waals surface area contributed by atoms with Crippen molar-refractivity contribution in [3.05, 3.63) is 82.9 Å². The van der Waals surface area contributed by atoms with Gasteiger partial charge in [0.25, 0.3) is 0 Å². The van der Waals surface area contributed by atoms with Crippen LogP contribution in [-0.2, 0) is 6.54 Å². The minimum atomic E-state index is -0.358. The molecule has 3 aromatic rings. The Labute approximate surface area is 172 Å². The van der Waals surface area contributed by atoms with Crippen LogP contribution in [0.25, 0.3) is 0 Å². The molecule has 0 spiro atoms. The Bertz CT molecular complexity index is 1010. The van der Waals surface area contributed by atoms with Crippen LogP contribution in [0.4, 0.5) is 10.1 Å². The highest BCUT2D eigenvalue weighted by atomic mass is 35.5. The van der Waals surface area contributed by atoms with Crippen LogP contribution in [0.3, 0.4) is 0 Å². The number of hydrogen-bond acceptors (Lipinski definition) is 3. The van der Waals surface area contributed by atoms with Crippen LogP contribution in [0.2, 0.25) is 5.02 Å². The van der Waals surface area contributed by atoms with E-state index in [9.17, 15) is 4.39 Å². The van der Waals surface area contributed by atoms with Gasteiger partial charge in [-0.25, -0.2) is 4.39 Å². The molecule has 28 heavy (non-hydrogen) atoms. The molecule has 144 valence electrons. The molecule has 0 bridgehead atoms. The number of rotatable bonds is 6. The molecule has 0 aliphatic rings. The van der Waals surface area contributed by atoms with Gasteiger partial charge in [0.05, 0.1) is 24.7 Å². The summed E-state index contributed by atoms with van der Waals surface area (Å²) in [6.07, 6.45) is 3.54. The maximum Gasteiger partial charge on any atom is 0.191 e. The molecule has 1 aromatic heterocycles. The van der Waals surface area contributed by atoms with Crippen molar-refractivity contribution in [2.75, 3.05) is 12.4 Å². The van der Waals surface area contributed by atoms with E-state index in [0.29, 0.717) is 22.4 Å². The summed E-state index contributed by atoms with van der Waals surface area (Å²) < 4.78 is 20.4. The van der Waals surface area contributed by atoms with E-state index in [-0.39, 0.29) is 5.82 Å². The molecular weight excluding hydrogens is 399 g/mol. The molecule has 2 aromatic carbocycles. The molecule has 0 radical (unpaired) electrons. The van der Waals surface area contributed by atoms with Crippen molar-refractivity contribution in [2.45, 2.75) is 6.54 Å². The molecule has 0 saturated heterocycles. The number of nitrogens with zero attached hydrogens (tertiary/aromatic N) is 2. The van der Waals surface area contributed by atoms with Crippen molar-refractivity contribution < 1.29 is 9.13 Å². The Hall–Kier alpha value is -2.90. The van der Waals surface area contributed by atoms with Gasteiger partial charge in [0.15, 0.2) is 5.11 Å². The second-order valence-corrected chi connectivity index (χ2v) is 6.64. The van der Waals surface area contributed by atoms with Crippen LogP contribution < -0.4 is 15.5 Å². The molecule has 0 fully saturated rings. The first-order chi connectivity index (χ1) is 13.6. The van der Waals surface area contributed by atoms with Gasteiger partial charge < -0.3 is 14.6 Å². The third kappa shape index (κ3) is 5.09. The predicted molar refractivity (Wildman–Crippen MR) is 115 cm³/mol. The average molecular weight is 417 g/mol. The van der Waals surface area contributed by atoms with E-state index < -0.39 is 0 Å². The Morgan fingerprint density at radius 3 is 2.86 bits per heavy atom. The molecule has 0 aliphatic carbocycles. The minimum Gasteiger partial charge on any atom is -0.495 e. The van der Waals surface area contributed by atoms with Gasteiger partial charge in [-0.1, -0.05) is 29.8 Å². The van der Waals surface area contributed by atoms with Crippen LogP contribution >= 0.6 is 23.8 Å². The summed E-state index contributed by atoms with van der Waals surface area (Å²) in [4.78, 5) is 0. The number of anilines is 1. The molecule has 8 heteroatoms. The highest BCUT2D eigenvalue weighted by Gasteiger charge is 2.06. The molecule has 0 amide bonds. The summed E-state index contributed by atoms with van der Waals surface area (Å²) in [6.45, 7) is 0.497. The number of nitrogens with one attached hydrogen (secondary N) is 2. The molecule has 3 rings (SSSR count). The first-order valence-electron chi connectivity index (χ1n) is 8.39. The fourth-order valence-corrected chi connectivity index (χ4v) is 2.97. The van der Waals surface area contributed by atoms with Crippen LogP contribution in [0.5, 0.6) is 5.75 Å². The predicted octanol–water partition coefficient (Wildman–Crippen LogP) is 4.66. The first kappa shape index (κ1) is 19.9. The van der Waals surface area contributed by atoms with Crippen molar-refractivity contribution in [3.8, 4) is 5.75 Å². The molecule has 0 saturated carbocycles. The van der Waals surface area contributed by atoms with Crippen molar-refractivity contribution >= 4 is 40.8 Å². The molecule has 1 heterocycles. The standard InChI is InChI=1S/C20H18ClFN4OS/c1-27-19-7-3-2-6-18(19)24-20(28)25-23-12-16-5-4-10-26(16)13-14-8-9-15(22)11-17(14)21/h2-12H,13H2,1H3,(H2,24,25,28)/b23-12+. The summed E-state index contributed by atoms with van der Waals surface area (Å²) >= 11 is 11.4. The van der Waals surface area contributed by atoms with Gasteiger partial charge in [-0.2, -0.15) is 5.10 Å². The number of benzene rings is 2. The monoisotopic (exact) mass is 416 g/mol. The van der Waals surface area contributed by atoms with Crippen molar-refractivity contribution in [2.24, 2.45) is 5.10 Å². The van der Waals surface area contributed by atoms with Gasteiger partial charge in [-0.05, 0) is 54.2 Å². The molecule has 0 atom stereocenters. The number of thiocarbonyl (C=S) groups is 1. The van der Waals surface area contributed by atoms with E-state index >= 15 is 0 Å². The lowest BCUT2D eigenvalue weighted by Gasteiger charge is -2.11. The minimum absolute atomic E-state index is 0.334. The van der Waals surface area contributed by atoms with Gasteiger partial charge in [0.1, 0.15) is 11.6 Å². The second kappa shape index (κ2) is 9.34. The SMILES string of the molecule is COc1ccccc1NC(=S)N/N=C/c1cccn1Cc1ccc(F)cc1Cl. The number of methoxy groups -OCH3 is 1. The quantitative estimate of drug-likeness (QED) is 0.348. The zero-order valence-corrected chi connectivity index (χ0v) is 16.6. The fourth-order valence-electron chi connectivity index (χ4n) is 2.58. The molecule has 5 nitrogen and oxygen atoms in total.